The van der Waals surface area contributed by atoms with Crippen LogP contribution in [0.5, 0.6) is 0 Å². The molecule has 0 unspecified atom stereocenters. The third-order valence-corrected chi connectivity index (χ3v) is 3.24. The van der Waals surface area contributed by atoms with E-state index in [1.54, 1.807) is 10.8 Å². The highest BCUT2D eigenvalue weighted by Crippen LogP contribution is 2.24. The largest absolute Gasteiger partial charge is 0.366 e. The third kappa shape index (κ3) is 2.96. The maximum Gasteiger partial charge on any atom is 0.241 e. The first-order valence-corrected chi connectivity index (χ1v) is 6.92. The number of nitrogens with two attached hydrogens (primary N) is 1. The van der Waals surface area contributed by atoms with E-state index >= 15 is 0 Å². The molecule has 0 bridgehead atoms. The second kappa shape index (κ2) is 6.10. The molecule has 0 saturated heterocycles. The lowest BCUT2D eigenvalue weighted by molar-refractivity contribution is -0.113. The van der Waals surface area contributed by atoms with Crippen LogP contribution in [0.25, 0.3) is 23.0 Å². The molecule has 3 rings (SSSR count). The summed E-state index contributed by atoms with van der Waals surface area (Å²) in [7, 11) is 0. The van der Waals surface area contributed by atoms with Gasteiger partial charge in [-0.2, -0.15) is 5.10 Å². The molecular formula is C18H15N3O. The second-order valence-electron chi connectivity index (χ2n) is 4.81. The number of carbonyl (C=O) groups excluding carboxylic acids is 1. The summed E-state index contributed by atoms with van der Waals surface area (Å²) in [6.07, 6.45) is 4.92. The summed E-state index contributed by atoms with van der Waals surface area (Å²) in [4.78, 5) is 11.0. The standard InChI is InChI=1S/C18H15N3O/c19-17(22)12-11-15-13-21(16-9-5-2-6-10-16)20-18(15)14-7-3-1-4-8-14/h1-13H,(H2,19,22)/b12-11+. The lowest BCUT2D eigenvalue weighted by Gasteiger charge is -2.00. The maximum absolute atomic E-state index is 11.0. The predicted octanol–water partition coefficient (Wildman–Crippen LogP) is 3.04. The molecule has 0 spiro atoms. The number of benzene rings is 2. The van der Waals surface area contributed by atoms with Gasteiger partial charge in [-0.05, 0) is 18.2 Å². The molecule has 0 aliphatic rings. The van der Waals surface area contributed by atoms with Crippen LogP contribution in [0, 0.1) is 0 Å². The van der Waals surface area contributed by atoms with Gasteiger partial charge in [0.25, 0.3) is 0 Å². The molecule has 1 heterocycles. The van der Waals surface area contributed by atoms with Gasteiger partial charge < -0.3 is 5.73 Å². The molecular weight excluding hydrogens is 274 g/mol. The summed E-state index contributed by atoms with van der Waals surface area (Å²) < 4.78 is 1.79. The predicted molar refractivity (Wildman–Crippen MR) is 87.2 cm³/mol. The van der Waals surface area contributed by atoms with Gasteiger partial charge in [-0.3, -0.25) is 4.79 Å². The van der Waals surface area contributed by atoms with Gasteiger partial charge in [-0.25, -0.2) is 4.68 Å². The van der Waals surface area contributed by atoms with Gasteiger partial charge in [0.15, 0.2) is 0 Å². The summed E-state index contributed by atoms with van der Waals surface area (Å²) in [6.45, 7) is 0. The lowest BCUT2D eigenvalue weighted by Crippen LogP contribution is -2.05. The number of carbonyl (C=O) groups is 1. The fourth-order valence-electron chi connectivity index (χ4n) is 2.21. The zero-order valence-corrected chi connectivity index (χ0v) is 11.9. The van der Waals surface area contributed by atoms with Crippen molar-refractivity contribution < 1.29 is 4.79 Å². The number of nitrogens with zero attached hydrogens (tertiary/aromatic N) is 2. The lowest BCUT2D eigenvalue weighted by atomic mass is 10.1. The topological polar surface area (TPSA) is 60.9 Å². The van der Waals surface area contributed by atoms with Gasteiger partial charge >= 0.3 is 0 Å². The van der Waals surface area contributed by atoms with Crippen LogP contribution in [-0.2, 0) is 4.79 Å². The van der Waals surface area contributed by atoms with Crippen molar-refractivity contribution in [3.8, 4) is 16.9 Å². The first kappa shape index (κ1) is 13.8. The summed E-state index contributed by atoms with van der Waals surface area (Å²) >= 11 is 0. The van der Waals surface area contributed by atoms with Crippen molar-refractivity contribution in [3.05, 3.63) is 78.5 Å². The quantitative estimate of drug-likeness (QED) is 0.750. The number of hydrogen-bond donors (Lipinski definition) is 1. The van der Waals surface area contributed by atoms with Gasteiger partial charge in [-0.15, -0.1) is 0 Å². The van der Waals surface area contributed by atoms with E-state index in [0.29, 0.717) is 0 Å². The van der Waals surface area contributed by atoms with Crippen LogP contribution in [0.2, 0.25) is 0 Å². The van der Waals surface area contributed by atoms with Crippen LogP contribution < -0.4 is 5.73 Å². The Morgan fingerprint density at radius 2 is 1.64 bits per heavy atom. The zero-order chi connectivity index (χ0) is 15.4. The van der Waals surface area contributed by atoms with Gasteiger partial charge in [0.05, 0.1) is 11.4 Å². The van der Waals surface area contributed by atoms with E-state index in [-0.39, 0.29) is 0 Å². The van der Waals surface area contributed by atoms with Crippen LogP contribution in [0.15, 0.2) is 72.9 Å². The minimum absolute atomic E-state index is 0.480. The molecule has 1 aromatic heterocycles. The molecule has 4 heteroatoms. The summed E-state index contributed by atoms with van der Waals surface area (Å²) in [6, 6.07) is 19.7. The molecule has 0 atom stereocenters. The molecule has 0 fully saturated rings. The molecule has 0 radical (unpaired) electrons. The average molecular weight is 289 g/mol. The summed E-state index contributed by atoms with van der Waals surface area (Å²) in [5, 5.41) is 4.64. The van der Waals surface area contributed by atoms with Crippen LogP contribution in [-0.4, -0.2) is 15.7 Å². The number of primary amides is 1. The van der Waals surface area contributed by atoms with Crippen molar-refractivity contribution in [1.82, 2.24) is 9.78 Å². The first-order valence-electron chi connectivity index (χ1n) is 6.92. The fourth-order valence-corrected chi connectivity index (χ4v) is 2.21. The first-order chi connectivity index (χ1) is 10.7. The highest BCUT2D eigenvalue weighted by molar-refractivity contribution is 5.91. The van der Waals surface area contributed by atoms with E-state index in [2.05, 4.69) is 5.10 Å². The number of hydrogen-bond acceptors (Lipinski definition) is 2. The van der Waals surface area contributed by atoms with Crippen molar-refractivity contribution in [3.63, 3.8) is 0 Å². The van der Waals surface area contributed by atoms with Crippen LogP contribution in [0.4, 0.5) is 0 Å². The van der Waals surface area contributed by atoms with Gasteiger partial charge in [0.1, 0.15) is 0 Å². The summed E-state index contributed by atoms with van der Waals surface area (Å²) in [5.41, 5.74) is 8.79. The minimum atomic E-state index is -0.480. The van der Waals surface area contributed by atoms with Crippen molar-refractivity contribution in [2.75, 3.05) is 0 Å². The van der Waals surface area contributed by atoms with Crippen molar-refractivity contribution in [1.29, 1.82) is 0 Å². The molecule has 4 nitrogen and oxygen atoms in total. The second-order valence-corrected chi connectivity index (χ2v) is 4.81. The highest BCUT2D eigenvalue weighted by atomic mass is 16.1. The highest BCUT2D eigenvalue weighted by Gasteiger charge is 2.10. The SMILES string of the molecule is NC(=O)/C=C/c1cn(-c2ccccc2)nc1-c1ccccc1. The van der Waals surface area contributed by atoms with E-state index in [1.165, 1.54) is 6.08 Å². The molecule has 108 valence electrons. The van der Waals surface area contributed by atoms with E-state index in [0.717, 1.165) is 22.5 Å². The maximum atomic E-state index is 11.0. The van der Waals surface area contributed by atoms with E-state index < -0.39 is 5.91 Å². The Morgan fingerprint density at radius 3 is 2.27 bits per heavy atom. The normalized spacial score (nSPS) is 10.9. The van der Waals surface area contributed by atoms with E-state index in [1.807, 2.05) is 66.9 Å². The Balaban J connectivity index is 2.11. The third-order valence-electron chi connectivity index (χ3n) is 3.24. The Labute approximate surface area is 128 Å². The fraction of sp³-hybridized carbons (Fsp3) is 0. The van der Waals surface area contributed by atoms with Gasteiger partial charge in [0.2, 0.25) is 5.91 Å². The molecule has 3 aromatic rings. The molecule has 2 N–H and O–H groups in total. The Morgan fingerprint density at radius 1 is 1.00 bits per heavy atom. The monoisotopic (exact) mass is 289 g/mol. The van der Waals surface area contributed by atoms with Crippen LogP contribution in [0.1, 0.15) is 5.56 Å². The van der Waals surface area contributed by atoms with Crippen LogP contribution in [0.3, 0.4) is 0 Å². The Kier molecular flexibility index (Phi) is 3.83. The van der Waals surface area contributed by atoms with E-state index in [9.17, 15) is 4.79 Å². The molecule has 2 aromatic carbocycles. The van der Waals surface area contributed by atoms with Crippen LogP contribution >= 0.6 is 0 Å². The smallest absolute Gasteiger partial charge is 0.241 e. The molecule has 0 aliphatic heterocycles. The van der Waals surface area contributed by atoms with Gasteiger partial charge in [-0.1, -0.05) is 48.5 Å². The Hall–Kier alpha value is -3.14. The van der Waals surface area contributed by atoms with Crippen molar-refractivity contribution in [2.24, 2.45) is 5.73 Å². The zero-order valence-electron chi connectivity index (χ0n) is 11.9. The molecule has 0 saturated carbocycles. The number of aromatic nitrogens is 2. The number of amides is 1. The number of para-hydroxylation sites is 1. The van der Waals surface area contributed by atoms with Crippen molar-refractivity contribution >= 4 is 12.0 Å². The van der Waals surface area contributed by atoms with E-state index in [4.69, 9.17) is 5.73 Å². The molecule has 1 amide bonds. The average Bonchev–Trinajstić information content (AvgIpc) is 2.99. The summed E-state index contributed by atoms with van der Waals surface area (Å²) in [5.74, 6) is -0.480. The Bertz CT molecular complexity index is 805. The molecule has 0 aliphatic carbocycles. The van der Waals surface area contributed by atoms with Gasteiger partial charge in [0, 0.05) is 23.4 Å². The molecule has 22 heavy (non-hydrogen) atoms. The number of rotatable bonds is 4. The minimum Gasteiger partial charge on any atom is -0.366 e. The van der Waals surface area contributed by atoms with Crippen molar-refractivity contribution in [2.45, 2.75) is 0 Å².